The molecule has 0 saturated heterocycles. The summed E-state index contributed by atoms with van der Waals surface area (Å²) in [5.41, 5.74) is 9.14. The molecule has 9 heteroatoms. The molecule has 5 rings (SSSR count). The summed E-state index contributed by atoms with van der Waals surface area (Å²) in [7, 11) is 0. The number of rotatable bonds is 3. The van der Waals surface area contributed by atoms with Crippen molar-refractivity contribution in [3.05, 3.63) is 66.1 Å². The van der Waals surface area contributed by atoms with E-state index in [1.807, 2.05) is 24.3 Å². The molecule has 7 nitrogen and oxygen atoms in total. The van der Waals surface area contributed by atoms with E-state index < -0.39 is 23.7 Å². The lowest BCUT2D eigenvalue weighted by atomic mass is 9.77. The van der Waals surface area contributed by atoms with E-state index in [4.69, 9.17) is 5.73 Å². The molecule has 35 heavy (non-hydrogen) atoms. The summed E-state index contributed by atoms with van der Waals surface area (Å²) in [6, 6.07) is 12.6. The molecule has 1 aromatic carbocycles. The van der Waals surface area contributed by atoms with Crippen molar-refractivity contribution in [2.24, 2.45) is 17.6 Å². The van der Waals surface area contributed by atoms with Gasteiger partial charge in [-0.2, -0.15) is 0 Å². The van der Waals surface area contributed by atoms with E-state index in [9.17, 15) is 18.4 Å². The molecule has 2 aromatic heterocycles. The molecular weight excluding hydrogens is 452 g/mol. The molecule has 3 N–H and O–H groups in total. The molecule has 2 amide bonds. The Bertz CT molecular complexity index is 1300. The second-order valence-corrected chi connectivity index (χ2v) is 9.27. The number of benzene rings is 1. The number of carbonyl (C=O) groups is 2. The van der Waals surface area contributed by atoms with Gasteiger partial charge in [0, 0.05) is 42.3 Å². The third-order valence-corrected chi connectivity index (χ3v) is 6.82. The predicted octanol–water partition coefficient (Wildman–Crippen LogP) is 4.90. The van der Waals surface area contributed by atoms with E-state index in [2.05, 4.69) is 15.3 Å². The number of pyridine rings is 2. The zero-order valence-corrected chi connectivity index (χ0v) is 19.2. The zero-order chi connectivity index (χ0) is 24.7. The molecule has 1 aliphatic heterocycles. The molecule has 2 unspecified atom stereocenters. The molecule has 3 aromatic rings. The lowest BCUT2D eigenvalue weighted by molar-refractivity contribution is -0.130. The number of primary amides is 1. The third-order valence-electron chi connectivity index (χ3n) is 6.82. The van der Waals surface area contributed by atoms with Gasteiger partial charge in [-0.3, -0.25) is 14.6 Å². The van der Waals surface area contributed by atoms with Crippen LogP contribution in [0.5, 0.6) is 0 Å². The minimum absolute atomic E-state index is 0.143. The normalized spacial score (nSPS) is 20.7. The summed E-state index contributed by atoms with van der Waals surface area (Å²) in [4.78, 5) is 35.4. The Kier molecular flexibility index (Phi) is 5.70. The van der Waals surface area contributed by atoms with Crippen LogP contribution < -0.4 is 16.0 Å². The van der Waals surface area contributed by atoms with Gasteiger partial charge in [-0.05, 0) is 42.2 Å². The van der Waals surface area contributed by atoms with E-state index in [0.717, 1.165) is 16.7 Å². The number of fused-ring (bicyclic) bond motifs is 2. The highest BCUT2D eigenvalue weighted by molar-refractivity contribution is 6.00. The van der Waals surface area contributed by atoms with Crippen molar-refractivity contribution in [3.63, 3.8) is 0 Å². The van der Waals surface area contributed by atoms with Gasteiger partial charge in [-0.25, -0.2) is 13.8 Å². The number of hydrogen-bond donors (Lipinski definition) is 2. The highest BCUT2D eigenvalue weighted by Gasteiger charge is 2.44. The Hall–Kier alpha value is -3.88. The number of halogens is 2. The Morgan fingerprint density at radius 3 is 2.66 bits per heavy atom. The number of hydrogen-bond acceptors (Lipinski definition) is 5. The summed E-state index contributed by atoms with van der Waals surface area (Å²) in [5, 5.41) is 3.32. The topological polar surface area (TPSA) is 101 Å². The minimum atomic E-state index is -2.73. The van der Waals surface area contributed by atoms with Gasteiger partial charge < -0.3 is 16.0 Å². The molecule has 3 heterocycles. The number of nitrogens with zero attached hydrogens (tertiary/aromatic N) is 3. The number of nitrogens with one attached hydrogen (secondary N) is 1. The van der Waals surface area contributed by atoms with E-state index in [0.29, 0.717) is 17.2 Å². The lowest BCUT2D eigenvalue weighted by Crippen LogP contribution is -2.42. The molecule has 2 aliphatic rings. The molecule has 0 spiro atoms. The maximum absolute atomic E-state index is 14.0. The molecule has 0 radical (unpaired) electrons. The van der Waals surface area contributed by atoms with Crippen molar-refractivity contribution in [2.45, 2.75) is 38.7 Å². The van der Waals surface area contributed by atoms with E-state index in [1.165, 1.54) is 0 Å². The first-order valence-electron chi connectivity index (χ1n) is 11.5. The van der Waals surface area contributed by atoms with Gasteiger partial charge in [0.25, 0.3) is 5.91 Å². The van der Waals surface area contributed by atoms with Crippen molar-refractivity contribution >= 4 is 29.0 Å². The molecule has 1 aliphatic carbocycles. The smallest absolute Gasteiger partial charge is 0.267 e. The Balaban J connectivity index is 1.55. The number of anilines is 3. The quantitative estimate of drug-likeness (QED) is 0.559. The van der Waals surface area contributed by atoms with Crippen LogP contribution in [0.2, 0.25) is 0 Å². The van der Waals surface area contributed by atoms with Crippen LogP contribution in [-0.4, -0.2) is 27.7 Å². The fraction of sp³-hybridized carbons (Fsp3) is 0.308. The third kappa shape index (κ3) is 4.45. The highest BCUT2D eigenvalue weighted by atomic mass is 19.3. The maximum Gasteiger partial charge on any atom is 0.267 e. The number of alkyl halides is 2. The first kappa shape index (κ1) is 22.9. The van der Waals surface area contributed by atoms with Crippen molar-refractivity contribution < 1.29 is 18.4 Å². The average Bonchev–Trinajstić information content (AvgIpc) is 2.99. The predicted molar refractivity (Wildman–Crippen MR) is 128 cm³/mol. The highest BCUT2D eigenvalue weighted by Crippen LogP contribution is 2.43. The average molecular weight is 478 g/mol. The van der Waals surface area contributed by atoms with Crippen molar-refractivity contribution in [1.29, 1.82) is 0 Å². The van der Waals surface area contributed by atoms with Crippen LogP contribution in [0.15, 0.2) is 54.9 Å². The standard InChI is InChI=1S/C26H25F2N5O2/c1-15-12-26(27,28)9-8-19(15)25(35)33-14-18-3-2-10-30-24(18)32-20-6-4-16(11-22(20)33)17-5-7-21(23(29)34)31-13-17/h2-7,10-11,13,15,19H,8-9,12,14H2,1H3,(H2,29,34)(H,30,32). The van der Waals surface area contributed by atoms with E-state index in [-0.39, 0.29) is 37.4 Å². The van der Waals surface area contributed by atoms with Crippen LogP contribution in [0.4, 0.5) is 26.0 Å². The van der Waals surface area contributed by atoms with Gasteiger partial charge in [-0.1, -0.05) is 25.1 Å². The van der Waals surface area contributed by atoms with Crippen LogP contribution in [0.25, 0.3) is 11.1 Å². The van der Waals surface area contributed by atoms with Crippen molar-refractivity contribution in [1.82, 2.24) is 9.97 Å². The molecule has 2 atom stereocenters. The van der Waals surface area contributed by atoms with E-state index in [1.54, 1.807) is 42.4 Å². The fourth-order valence-corrected chi connectivity index (χ4v) is 4.94. The second kappa shape index (κ2) is 8.72. The second-order valence-electron chi connectivity index (χ2n) is 9.27. The largest absolute Gasteiger partial charge is 0.364 e. The summed E-state index contributed by atoms with van der Waals surface area (Å²) in [6.45, 7) is 1.99. The van der Waals surface area contributed by atoms with Crippen molar-refractivity contribution in [2.75, 3.05) is 10.2 Å². The van der Waals surface area contributed by atoms with Gasteiger partial charge in [0.15, 0.2) is 0 Å². The van der Waals surface area contributed by atoms with Crippen LogP contribution in [-0.2, 0) is 11.3 Å². The summed E-state index contributed by atoms with van der Waals surface area (Å²) >= 11 is 0. The zero-order valence-electron chi connectivity index (χ0n) is 19.2. The summed E-state index contributed by atoms with van der Waals surface area (Å²) in [6.07, 6.45) is 2.79. The molecule has 180 valence electrons. The number of aromatic nitrogens is 2. The van der Waals surface area contributed by atoms with Gasteiger partial charge >= 0.3 is 0 Å². The van der Waals surface area contributed by atoms with Crippen LogP contribution >= 0.6 is 0 Å². The first-order valence-corrected chi connectivity index (χ1v) is 11.5. The minimum Gasteiger partial charge on any atom is -0.364 e. The molecule has 1 fully saturated rings. The number of amides is 2. The molecule has 1 saturated carbocycles. The van der Waals surface area contributed by atoms with Gasteiger partial charge in [-0.15, -0.1) is 0 Å². The SMILES string of the molecule is CC1CC(F)(F)CCC1C(=O)N1Cc2cccnc2Nc2ccc(-c3ccc(C(N)=O)nc3)cc21. The Morgan fingerprint density at radius 1 is 1.14 bits per heavy atom. The maximum atomic E-state index is 14.0. The van der Waals surface area contributed by atoms with Gasteiger partial charge in [0.1, 0.15) is 11.5 Å². The van der Waals surface area contributed by atoms with Crippen molar-refractivity contribution in [3.8, 4) is 11.1 Å². The Morgan fingerprint density at radius 2 is 1.94 bits per heavy atom. The summed E-state index contributed by atoms with van der Waals surface area (Å²) < 4.78 is 28.0. The molecular formula is C26H25F2N5O2. The van der Waals surface area contributed by atoms with E-state index >= 15 is 0 Å². The number of nitrogens with two attached hydrogens (primary N) is 1. The fourth-order valence-electron chi connectivity index (χ4n) is 4.94. The van der Waals surface area contributed by atoms with Gasteiger partial charge in [0.05, 0.1) is 17.9 Å². The molecule has 0 bridgehead atoms. The van der Waals surface area contributed by atoms with Crippen LogP contribution in [0, 0.1) is 11.8 Å². The first-order chi connectivity index (χ1) is 16.7. The lowest BCUT2D eigenvalue weighted by Gasteiger charge is -2.36. The Labute approximate surface area is 201 Å². The summed E-state index contributed by atoms with van der Waals surface area (Å²) in [5.74, 6) is -3.81. The monoisotopic (exact) mass is 477 g/mol. The van der Waals surface area contributed by atoms with Crippen LogP contribution in [0.1, 0.15) is 42.2 Å². The van der Waals surface area contributed by atoms with Crippen LogP contribution in [0.3, 0.4) is 0 Å². The number of carbonyl (C=O) groups excluding carboxylic acids is 2. The van der Waals surface area contributed by atoms with Gasteiger partial charge in [0.2, 0.25) is 11.8 Å².